The molecule has 9 nitrogen and oxygen atoms in total. The summed E-state index contributed by atoms with van der Waals surface area (Å²) in [7, 11) is 5.13. The molecule has 0 aliphatic carbocycles. The third-order valence-electron chi connectivity index (χ3n) is 4.23. The molecule has 0 aliphatic heterocycles. The normalized spacial score (nSPS) is 14.4. The summed E-state index contributed by atoms with van der Waals surface area (Å²) in [5, 5.41) is 16.4. The Bertz CT molecular complexity index is 335. The minimum absolute atomic E-state index is 0.202. The zero-order valence-electron chi connectivity index (χ0n) is 18.3. The fourth-order valence-corrected chi connectivity index (χ4v) is 2.11. The van der Waals surface area contributed by atoms with Gasteiger partial charge in [0.25, 0.3) is 0 Å². The lowest BCUT2D eigenvalue weighted by atomic mass is 10.1. The Morgan fingerprint density at radius 1 is 0.821 bits per heavy atom. The van der Waals surface area contributed by atoms with Gasteiger partial charge in [0.1, 0.15) is 6.23 Å². The SMILES string of the molecule is CNC(COCCOCCOCCOCCOC)C(O)NCCC(C)(C)OC. The van der Waals surface area contributed by atoms with Crippen LogP contribution in [0.15, 0.2) is 0 Å². The summed E-state index contributed by atoms with van der Waals surface area (Å²) >= 11 is 0. The van der Waals surface area contributed by atoms with Crippen molar-refractivity contribution < 1.29 is 33.5 Å². The maximum absolute atomic E-state index is 10.2. The Morgan fingerprint density at radius 3 is 1.79 bits per heavy atom. The smallest absolute Gasteiger partial charge is 0.122 e. The van der Waals surface area contributed by atoms with Crippen LogP contribution in [-0.4, -0.2) is 110 Å². The summed E-state index contributed by atoms with van der Waals surface area (Å²) in [6.45, 7) is 9.31. The maximum atomic E-state index is 10.2. The summed E-state index contributed by atoms with van der Waals surface area (Å²) < 4.78 is 31.9. The van der Waals surface area contributed by atoms with Gasteiger partial charge in [-0.2, -0.15) is 0 Å². The molecule has 0 saturated carbocycles. The first-order valence-electron chi connectivity index (χ1n) is 9.90. The van der Waals surface area contributed by atoms with Crippen LogP contribution in [0.25, 0.3) is 0 Å². The van der Waals surface area contributed by atoms with Crippen molar-refractivity contribution in [1.82, 2.24) is 10.6 Å². The van der Waals surface area contributed by atoms with Gasteiger partial charge in [-0.1, -0.05) is 0 Å². The van der Waals surface area contributed by atoms with Gasteiger partial charge in [0.2, 0.25) is 0 Å². The van der Waals surface area contributed by atoms with E-state index in [2.05, 4.69) is 10.6 Å². The highest BCUT2D eigenvalue weighted by Crippen LogP contribution is 2.11. The molecular formula is C19H42N2O7. The van der Waals surface area contributed by atoms with E-state index in [1.54, 1.807) is 21.3 Å². The van der Waals surface area contributed by atoms with Gasteiger partial charge < -0.3 is 38.8 Å². The average molecular weight is 411 g/mol. The van der Waals surface area contributed by atoms with E-state index in [9.17, 15) is 5.11 Å². The van der Waals surface area contributed by atoms with Crippen molar-refractivity contribution in [2.45, 2.75) is 38.1 Å². The first kappa shape index (κ1) is 27.6. The first-order valence-corrected chi connectivity index (χ1v) is 9.90. The zero-order chi connectivity index (χ0) is 21.1. The fraction of sp³-hybridized carbons (Fsp3) is 1.00. The van der Waals surface area contributed by atoms with Crippen molar-refractivity contribution in [1.29, 1.82) is 0 Å². The number of likely N-dealkylation sites (N-methyl/N-ethyl adjacent to an activating group) is 1. The van der Waals surface area contributed by atoms with Gasteiger partial charge >= 0.3 is 0 Å². The van der Waals surface area contributed by atoms with Crippen LogP contribution in [0.4, 0.5) is 0 Å². The molecule has 0 aromatic rings. The van der Waals surface area contributed by atoms with E-state index in [0.717, 1.165) is 6.42 Å². The van der Waals surface area contributed by atoms with Crippen molar-refractivity contribution in [3.8, 4) is 0 Å². The van der Waals surface area contributed by atoms with Crippen LogP contribution in [0, 0.1) is 0 Å². The average Bonchev–Trinajstić information content (AvgIpc) is 2.68. The molecule has 2 atom stereocenters. The van der Waals surface area contributed by atoms with Crippen LogP contribution in [0.2, 0.25) is 0 Å². The van der Waals surface area contributed by atoms with Crippen molar-refractivity contribution in [3.05, 3.63) is 0 Å². The standard InChI is InChI=1S/C19H42N2O7/c1-19(2,24-5)6-7-21-18(22)17(20-3)16-28-15-14-27-13-12-26-11-10-25-9-8-23-4/h17-18,20-22H,6-16H2,1-5H3. The second kappa shape index (κ2) is 18.7. The van der Waals surface area contributed by atoms with Crippen LogP contribution in [-0.2, 0) is 28.4 Å². The van der Waals surface area contributed by atoms with Gasteiger partial charge in [0, 0.05) is 20.8 Å². The highest BCUT2D eigenvalue weighted by molar-refractivity contribution is 4.75. The molecule has 0 rings (SSSR count). The molecule has 0 fully saturated rings. The third kappa shape index (κ3) is 16.6. The highest BCUT2D eigenvalue weighted by Gasteiger charge is 2.20. The lowest BCUT2D eigenvalue weighted by Crippen LogP contribution is -2.50. The lowest BCUT2D eigenvalue weighted by Gasteiger charge is -2.26. The van der Waals surface area contributed by atoms with Crippen molar-refractivity contribution >= 4 is 0 Å². The number of aliphatic hydroxyl groups is 1. The molecular weight excluding hydrogens is 368 g/mol. The number of hydrogen-bond donors (Lipinski definition) is 3. The van der Waals surface area contributed by atoms with Crippen LogP contribution in [0.3, 0.4) is 0 Å². The largest absolute Gasteiger partial charge is 0.382 e. The summed E-state index contributed by atoms with van der Waals surface area (Å²) in [5.74, 6) is 0. The van der Waals surface area contributed by atoms with Gasteiger partial charge in [-0.25, -0.2) is 0 Å². The molecule has 3 N–H and O–H groups in total. The molecule has 0 bridgehead atoms. The molecule has 9 heteroatoms. The summed E-state index contributed by atoms with van der Waals surface area (Å²) in [6.07, 6.45) is 0.102. The van der Waals surface area contributed by atoms with E-state index in [1.807, 2.05) is 13.8 Å². The monoisotopic (exact) mass is 410 g/mol. The van der Waals surface area contributed by atoms with Crippen LogP contribution in [0.5, 0.6) is 0 Å². The quantitative estimate of drug-likeness (QED) is 0.178. The Balaban J connectivity index is 3.53. The molecule has 0 amide bonds. The number of methoxy groups -OCH3 is 2. The van der Waals surface area contributed by atoms with Crippen molar-refractivity contribution in [2.24, 2.45) is 0 Å². The summed E-state index contributed by atoms with van der Waals surface area (Å²) in [6, 6.07) is -0.202. The van der Waals surface area contributed by atoms with Crippen molar-refractivity contribution in [3.63, 3.8) is 0 Å². The minimum Gasteiger partial charge on any atom is -0.382 e. The fourth-order valence-electron chi connectivity index (χ4n) is 2.11. The Hall–Kier alpha value is -0.360. The van der Waals surface area contributed by atoms with E-state index >= 15 is 0 Å². The Labute approximate surface area is 170 Å². The van der Waals surface area contributed by atoms with E-state index in [1.165, 1.54) is 0 Å². The van der Waals surface area contributed by atoms with Crippen molar-refractivity contribution in [2.75, 3.05) is 87.3 Å². The number of hydrogen-bond acceptors (Lipinski definition) is 9. The molecule has 0 spiro atoms. The van der Waals surface area contributed by atoms with E-state index in [0.29, 0.717) is 66.0 Å². The molecule has 170 valence electrons. The van der Waals surface area contributed by atoms with E-state index in [-0.39, 0.29) is 11.6 Å². The van der Waals surface area contributed by atoms with E-state index in [4.69, 9.17) is 28.4 Å². The molecule has 2 unspecified atom stereocenters. The lowest BCUT2D eigenvalue weighted by molar-refractivity contribution is -0.0182. The predicted octanol–water partition coefficient (Wildman–Crippen LogP) is 0.0103. The molecule has 0 saturated heterocycles. The number of aliphatic hydroxyl groups excluding tert-OH is 1. The Morgan fingerprint density at radius 2 is 1.32 bits per heavy atom. The molecule has 0 aromatic carbocycles. The zero-order valence-corrected chi connectivity index (χ0v) is 18.3. The number of nitrogens with one attached hydrogen (secondary N) is 2. The Kier molecular flexibility index (Phi) is 18.4. The van der Waals surface area contributed by atoms with E-state index < -0.39 is 6.23 Å². The minimum atomic E-state index is -0.696. The molecule has 0 aromatic heterocycles. The van der Waals surface area contributed by atoms with Gasteiger partial charge in [-0.3, -0.25) is 5.32 Å². The molecule has 0 radical (unpaired) electrons. The molecule has 0 heterocycles. The second-order valence-electron chi connectivity index (χ2n) is 6.91. The van der Waals surface area contributed by atoms with Gasteiger partial charge in [-0.05, 0) is 27.3 Å². The van der Waals surface area contributed by atoms with Gasteiger partial charge in [-0.15, -0.1) is 0 Å². The van der Waals surface area contributed by atoms with Gasteiger partial charge in [0.15, 0.2) is 0 Å². The number of rotatable bonds is 21. The molecule has 0 aliphatic rings. The van der Waals surface area contributed by atoms with Crippen LogP contribution >= 0.6 is 0 Å². The van der Waals surface area contributed by atoms with Crippen LogP contribution < -0.4 is 10.6 Å². The predicted molar refractivity (Wildman–Crippen MR) is 108 cm³/mol. The highest BCUT2D eigenvalue weighted by atomic mass is 16.6. The summed E-state index contributed by atoms with van der Waals surface area (Å²) in [5.41, 5.74) is -0.212. The van der Waals surface area contributed by atoms with Crippen LogP contribution in [0.1, 0.15) is 20.3 Å². The first-order chi connectivity index (χ1) is 13.5. The topological polar surface area (TPSA) is 99.7 Å². The number of ether oxygens (including phenoxy) is 6. The summed E-state index contributed by atoms with van der Waals surface area (Å²) in [4.78, 5) is 0. The molecule has 28 heavy (non-hydrogen) atoms. The maximum Gasteiger partial charge on any atom is 0.122 e. The second-order valence-corrected chi connectivity index (χ2v) is 6.91. The third-order valence-corrected chi connectivity index (χ3v) is 4.23. The van der Waals surface area contributed by atoms with Gasteiger partial charge in [0.05, 0.1) is 71.1 Å².